The highest BCUT2D eigenvalue weighted by Crippen LogP contribution is 2.23. The van der Waals surface area contributed by atoms with Gasteiger partial charge in [0.05, 0.1) is 5.52 Å². The van der Waals surface area contributed by atoms with Gasteiger partial charge in [0.2, 0.25) is 0 Å². The van der Waals surface area contributed by atoms with Crippen LogP contribution in [0.25, 0.3) is 16.6 Å². The third-order valence-corrected chi connectivity index (χ3v) is 2.96. The van der Waals surface area contributed by atoms with Crippen LogP contribution in [0.3, 0.4) is 0 Å². The second-order valence-electron chi connectivity index (χ2n) is 4.20. The molecule has 2 heteroatoms. The largest absolute Gasteiger partial charge is 0.286 e. The number of rotatable bonds is 1. The molecule has 0 bridgehead atoms. The van der Waals surface area contributed by atoms with Crippen LogP contribution >= 0.6 is 0 Å². The lowest BCUT2D eigenvalue weighted by molar-refractivity contribution is 0.565. The predicted octanol–water partition coefficient (Wildman–Crippen LogP) is 4.08. The first-order chi connectivity index (χ1) is 8.25. The number of nitrogens with zero attached hydrogens (tertiary/aromatic N) is 1. The van der Waals surface area contributed by atoms with Gasteiger partial charge in [-0.2, -0.15) is 4.39 Å². The highest BCUT2D eigenvalue weighted by Gasteiger charge is 2.08. The fourth-order valence-corrected chi connectivity index (χ4v) is 2.08. The van der Waals surface area contributed by atoms with Crippen molar-refractivity contribution in [2.45, 2.75) is 6.92 Å². The fourth-order valence-electron chi connectivity index (χ4n) is 2.08. The lowest BCUT2D eigenvalue weighted by Gasteiger charge is -2.06. The Balaban J connectivity index is 2.29. The summed E-state index contributed by atoms with van der Waals surface area (Å²) in [6.45, 7) is 2.02. The number of benzene rings is 2. The van der Waals surface area contributed by atoms with Crippen LogP contribution in [0.2, 0.25) is 0 Å². The SMILES string of the molecule is Cc1ccc(-n2c(F)cc3ccccc32)cc1. The normalized spacial score (nSPS) is 10.9. The van der Waals surface area contributed by atoms with Gasteiger partial charge in [-0.15, -0.1) is 0 Å². The van der Waals surface area contributed by atoms with E-state index in [1.165, 1.54) is 5.56 Å². The molecule has 0 radical (unpaired) electrons. The Morgan fingerprint density at radius 2 is 1.65 bits per heavy atom. The van der Waals surface area contributed by atoms with Crippen molar-refractivity contribution in [2.24, 2.45) is 0 Å². The minimum Gasteiger partial charge on any atom is -0.286 e. The van der Waals surface area contributed by atoms with E-state index in [-0.39, 0.29) is 5.95 Å². The molecular formula is C15H12FN. The lowest BCUT2D eigenvalue weighted by atomic mass is 10.2. The Hall–Kier alpha value is -2.09. The maximum absolute atomic E-state index is 14.0. The molecule has 0 aliphatic rings. The summed E-state index contributed by atoms with van der Waals surface area (Å²) < 4.78 is 15.6. The summed E-state index contributed by atoms with van der Waals surface area (Å²) in [4.78, 5) is 0. The van der Waals surface area contributed by atoms with Crippen molar-refractivity contribution in [2.75, 3.05) is 0 Å². The number of halogens is 1. The summed E-state index contributed by atoms with van der Waals surface area (Å²) in [7, 11) is 0. The van der Waals surface area contributed by atoms with Gasteiger partial charge in [0.15, 0.2) is 5.95 Å². The molecule has 0 aliphatic carbocycles. The van der Waals surface area contributed by atoms with E-state index in [0.717, 1.165) is 16.6 Å². The standard InChI is InChI=1S/C15H12FN/c1-11-6-8-13(9-7-11)17-14-5-3-2-4-12(14)10-15(17)16/h2-10H,1H3. The second-order valence-corrected chi connectivity index (χ2v) is 4.20. The number of hydrogen-bond donors (Lipinski definition) is 0. The van der Waals surface area contributed by atoms with Crippen LogP contribution in [0.4, 0.5) is 4.39 Å². The van der Waals surface area contributed by atoms with E-state index in [4.69, 9.17) is 0 Å². The molecule has 1 aromatic heterocycles. The maximum Gasteiger partial charge on any atom is 0.199 e. The van der Waals surface area contributed by atoms with Crippen molar-refractivity contribution in [1.82, 2.24) is 4.57 Å². The Labute approximate surface area is 99.1 Å². The van der Waals surface area contributed by atoms with Crippen molar-refractivity contribution in [1.29, 1.82) is 0 Å². The van der Waals surface area contributed by atoms with Crippen LogP contribution in [0.5, 0.6) is 0 Å². The first kappa shape index (κ1) is 10.1. The summed E-state index contributed by atoms with van der Waals surface area (Å²) in [5.74, 6) is -0.227. The highest BCUT2D eigenvalue weighted by atomic mass is 19.1. The molecular weight excluding hydrogens is 213 g/mol. The van der Waals surface area contributed by atoms with Crippen molar-refractivity contribution in [3.8, 4) is 5.69 Å². The van der Waals surface area contributed by atoms with Crippen molar-refractivity contribution < 1.29 is 4.39 Å². The van der Waals surface area contributed by atoms with E-state index in [1.54, 1.807) is 10.6 Å². The first-order valence-electron chi connectivity index (χ1n) is 5.59. The number of hydrogen-bond acceptors (Lipinski definition) is 0. The quantitative estimate of drug-likeness (QED) is 0.588. The zero-order valence-corrected chi connectivity index (χ0v) is 9.52. The molecule has 84 valence electrons. The van der Waals surface area contributed by atoms with Crippen molar-refractivity contribution in [3.63, 3.8) is 0 Å². The third kappa shape index (κ3) is 1.62. The minimum atomic E-state index is -0.227. The molecule has 0 aliphatic heterocycles. The van der Waals surface area contributed by atoms with Crippen LogP contribution in [-0.2, 0) is 0 Å². The molecule has 1 heterocycles. The molecule has 0 saturated carbocycles. The van der Waals surface area contributed by atoms with Gasteiger partial charge in [-0.3, -0.25) is 4.57 Å². The lowest BCUT2D eigenvalue weighted by Crippen LogP contribution is -1.96. The van der Waals surface area contributed by atoms with Crippen molar-refractivity contribution in [3.05, 3.63) is 66.1 Å². The van der Waals surface area contributed by atoms with Gasteiger partial charge in [0.25, 0.3) is 0 Å². The monoisotopic (exact) mass is 225 g/mol. The molecule has 0 atom stereocenters. The van der Waals surface area contributed by atoms with Gasteiger partial charge in [0.1, 0.15) is 0 Å². The van der Waals surface area contributed by atoms with E-state index in [9.17, 15) is 4.39 Å². The Morgan fingerprint density at radius 1 is 0.941 bits per heavy atom. The van der Waals surface area contributed by atoms with Crippen LogP contribution in [0, 0.1) is 12.9 Å². The Morgan fingerprint density at radius 3 is 2.41 bits per heavy atom. The summed E-state index contributed by atoms with van der Waals surface area (Å²) in [6.07, 6.45) is 0. The summed E-state index contributed by atoms with van der Waals surface area (Å²) >= 11 is 0. The van der Waals surface area contributed by atoms with E-state index in [0.29, 0.717) is 0 Å². The van der Waals surface area contributed by atoms with Gasteiger partial charge in [-0.25, -0.2) is 0 Å². The maximum atomic E-state index is 14.0. The average molecular weight is 225 g/mol. The van der Waals surface area contributed by atoms with Gasteiger partial charge in [-0.05, 0) is 25.1 Å². The molecule has 0 spiro atoms. The summed E-state index contributed by atoms with van der Waals surface area (Å²) in [6, 6.07) is 17.1. The Kier molecular flexibility index (Phi) is 2.22. The number of aryl methyl sites for hydroxylation is 1. The van der Waals surface area contributed by atoms with Gasteiger partial charge < -0.3 is 0 Å². The fraction of sp³-hybridized carbons (Fsp3) is 0.0667. The zero-order valence-electron chi connectivity index (χ0n) is 9.52. The predicted molar refractivity (Wildman–Crippen MR) is 68.0 cm³/mol. The van der Waals surface area contributed by atoms with Gasteiger partial charge >= 0.3 is 0 Å². The molecule has 0 fully saturated rings. The molecule has 0 amide bonds. The summed E-state index contributed by atoms with van der Waals surface area (Å²) in [5.41, 5.74) is 2.92. The molecule has 17 heavy (non-hydrogen) atoms. The third-order valence-electron chi connectivity index (χ3n) is 2.96. The van der Waals surface area contributed by atoms with Gasteiger partial charge in [0, 0.05) is 17.1 Å². The van der Waals surface area contributed by atoms with Gasteiger partial charge in [-0.1, -0.05) is 35.9 Å². The first-order valence-corrected chi connectivity index (χ1v) is 5.59. The second kappa shape index (κ2) is 3.74. The molecule has 0 saturated heterocycles. The minimum absolute atomic E-state index is 0.227. The molecule has 3 aromatic rings. The number of fused-ring (bicyclic) bond motifs is 1. The molecule has 1 nitrogen and oxygen atoms in total. The molecule has 3 rings (SSSR count). The summed E-state index contributed by atoms with van der Waals surface area (Å²) in [5, 5.41) is 0.922. The van der Waals surface area contributed by atoms with E-state index < -0.39 is 0 Å². The highest BCUT2D eigenvalue weighted by molar-refractivity contribution is 5.82. The van der Waals surface area contributed by atoms with Crippen LogP contribution in [-0.4, -0.2) is 4.57 Å². The topological polar surface area (TPSA) is 4.93 Å². The van der Waals surface area contributed by atoms with Crippen molar-refractivity contribution >= 4 is 10.9 Å². The van der Waals surface area contributed by atoms with E-state index >= 15 is 0 Å². The van der Waals surface area contributed by atoms with E-state index in [1.807, 2.05) is 55.5 Å². The average Bonchev–Trinajstić information content (AvgIpc) is 2.66. The molecule has 2 aromatic carbocycles. The smallest absolute Gasteiger partial charge is 0.199 e. The van der Waals surface area contributed by atoms with Crippen LogP contribution < -0.4 is 0 Å². The molecule has 0 unspecified atom stereocenters. The Bertz CT molecular complexity index is 665. The zero-order chi connectivity index (χ0) is 11.8. The number of para-hydroxylation sites is 1. The number of aromatic nitrogens is 1. The van der Waals surface area contributed by atoms with Crippen LogP contribution in [0.1, 0.15) is 5.56 Å². The van der Waals surface area contributed by atoms with E-state index in [2.05, 4.69) is 0 Å². The molecule has 0 N–H and O–H groups in total. The van der Waals surface area contributed by atoms with Crippen LogP contribution in [0.15, 0.2) is 54.6 Å².